The maximum atomic E-state index is 12.4. The Bertz CT molecular complexity index is 917. The first-order valence-electron chi connectivity index (χ1n) is 10.6. The van der Waals surface area contributed by atoms with E-state index in [1.807, 2.05) is 29.2 Å². The first-order valence-corrected chi connectivity index (χ1v) is 11.5. The van der Waals surface area contributed by atoms with Gasteiger partial charge in [0.1, 0.15) is 0 Å². The van der Waals surface area contributed by atoms with E-state index < -0.39 is 0 Å². The van der Waals surface area contributed by atoms with E-state index in [2.05, 4.69) is 42.3 Å². The normalized spacial score (nSPS) is 17.1. The van der Waals surface area contributed by atoms with Crippen LogP contribution in [0.15, 0.2) is 52.3 Å². The van der Waals surface area contributed by atoms with Crippen LogP contribution in [0.3, 0.4) is 0 Å². The molecule has 1 N–H and O–H groups in total. The third-order valence-electron chi connectivity index (χ3n) is 5.69. The van der Waals surface area contributed by atoms with E-state index in [1.54, 1.807) is 11.8 Å². The fourth-order valence-electron chi connectivity index (χ4n) is 3.67. The SMILES string of the molecule is Cc1ccc(C)c(Sc2ccc(NC(=O)CN3CCN(C(=O)C4CC4)CC3)cc2)c1. The zero-order valence-electron chi connectivity index (χ0n) is 17.7. The summed E-state index contributed by atoms with van der Waals surface area (Å²) in [6, 6.07) is 14.5. The third-order valence-corrected chi connectivity index (χ3v) is 6.85. The molecule has 0 atom stereocenters. The van der Waals surface area contributed by atoms with Crippen molar-refractivity contribution in [1.82, 2.24) is 9.80 Å². The van der Waals surface area contributed by atoms with Gasteiger partial charge in [0.05, 0.1) is 6.54 Å². The molecule has 5 nitrogen and oxygen atoms in total. The lowest BCUT2D eigenvalue weighted by atomic mass is 10.2. The Hall–Kier alpha value is -2.31. The Balaban J connectivity index is 1.25. The number of aryl methyl sites for hydroxylation is 2. The minimum atomic E-state index is -0.00750. The molecule has 6 heteroatoms. The van der Waals surface area contributed by atoms with Crippen LogP contribution in [-0.2, 0) is 9.59 Å². The molecule has 2 fully saturated rings. The Morgan fingerprint density at radius 2 is 1.70 bits per heavy atom. The maximum absolute atomic E-state index is 12.4. The Kier molecular flexibility index (Phi) is 6.44. The van der Waals surface area contributed by atoms with Gasteiger partial charge in [-0.25, -0.2) is 0 Å². The minimum Gasteiger partial charge on any atom is -0.340 e. The highest BCUT2D eigenvalue weighted by Gasteiger charge is 2.34. The number of piperazine rings is 1. The predicted molar refractivity (Wildman–Crippen MR) is 121 cm³/mol. The lowest BCUT2D eigenvalue weighted by Gasteiger charge is -2.34. The molecule has 0 spiro atoms. The van der Waals surface area contributed by atoms with Gasteiger partial charge in [0, 0.05) is 47.6 Å². The number of anilines is 1. The largest absolute Gasteiger partial charge is 0.340 e. The van der Waals surface area contributed by atoms with Crippen molar-refractivity contribution in [2.24, 2.45) is 5.92 Å². The molecule has 0 unspecified atom stereocenters. The van der Waals surface area contributed by atoms with Crippen LogP contribution in [0.25, 0.3) is 0 Å². The van der Waals surface area contributed by atoms with Crippen molar-refractivity contribution in [3.63, 3.8) is 0 Å². The molecule has 1 heterocycles. The highest BCUT2D eigenvalue weighted by atomic mass is 32.2. The standard InChI is InChI=1S/C24H29N3O2S/c1-17-3-4-18(2)22(15-17)30-21-9-7-20(8-10-21)25-23(28)16-26-11-13-27(14-12-26)24(29)19-5-6-19/h3-4,7-10,15,19H,5-6,11-14,16H2,1-2H3,(H,25,28). The van der Waals surface area contributed by atoms with Crippen LogP contribution < -0.4 is 5.32 Å². The molecule has 4 rings (SSSR count). The minimum absolute atomic E-state index is 0.00750. The van der Waals surface area contributed by atoms with Crippen LogP contribution in [0.5, 0.6) is 0 Å². The molecular weight excluding hydrogens is 394 g/mol. The summed E-state index contributed by atoms with van der Waals surface area (Å²) in [5.41, 5.74) is 3.33. The van der Waals surface area contributed by atoms with E-state index in [0.717, 1.165) is 49.6 Å². The van der Waals surface area contributed by atoms with Gasteiger partial charge in [-0.1, -0.05) is 23.9 Å². The summed E-state index contributed by atoms with van der Waals surface area (Å²) in [6.45, 7) is 7.57. The second kappa shape index (κ2) is 9.23. The van der Waals surface area contributed by atoms with Crippen LogP contribution in [0.2, 0.25) is 0 Å². The van der Waals surface area contributed by atoms with Crippen LogP contribution >= 0.6 is 11.8 Å². The summed E-state index contributed by atoms with van der Waals surface area (Å²) in [5, 5.41) is 2.99. The molecule has 0 aromatic heterocycles. The maximum Gasteiger partial charge on any atom is 0.238 e. The van der Waals surface area contributed by atoms with Gasteiger partial charge in [-0.15, -0.1) is 0 Å². The Labute approximate surface area is 182 Å². The predicted octanol–water partition coefficient (Wildman–Crippen LogP) is 3.95. The molecule has 1 aliphatic carbocycles. The number of amides is 2. The summed E-state index contributed by atoms with van der Waals surface area (Å²) in [7, 11) is 0. The number of rotatable bonds is 6. The van der Waals surface area contributed by atoms with Crippen molar-refractivity contribution in [1.29, 1.82) is 0 Å². The first-order chi connectivity index (χ1) is 14.5. The molecule has 2 aliphatic rings. The molecule has 2 aromatic rings. The molecular formula is C24H29N3O2S. The van der Waals surface area contributed by atoms with Crippen molar-refractivity contribution in [2.45, 2.75) is 36.5 Å². The quantitative estimate of drug-likeness (QED) is 0.765. The molecule has 1 aliphatic heterocycles. The summed E-state index contributed by atoms with van der Waals surface area (Å²) >= 11 is 1.74. The number of carbonyl (C=O) groups excluding carboxylic acids is 2. The molecule has 158 valence electrons. The summed E-state index contributed by atoms with van der Waals surface area (Å²) < 4.78 is 0. The third kappa shape index (κ3) is 5.43. The van der Waals surface area contributed by atoms with E-state index in [9.17, 15) is 9.59 Å². The fraction of sp³-hybridized carbons (Fsp3) is 0.417. The van der Waals surface area contributed by atoms with Gasteiger partial charge in [-0.3, -0.25) is 14.5 Å². The van der Waals surface area contributed by atoms with Crippen LogP contribution in [0, 0.1) is 19.8 Å². The van der Waals surface area contributed by atoms with Gasteiger partial charge in [-0.05, 0) is 68.1 Å². The zero-order valence-corrected chi connectivity index (χ0v) is 18.5. The number of hydrogen-bond donors (Lipinski definition) is 1. The molecule has 0 radical (unpaired) electrons. The van der Waals surface area contributed by atoms with E-state index in [4.69, 9.17) is 0 Å². The van der Waals surface area contributed by atoms with Gasteiger partial charge in [0.15, 0.2) is 0 Å². The van der Waals surface area contributed by atoms with Gasteiger partial charge >= 0.3 is 0 Å². The van der Waals surface area contributed by atoms with E-state index in [-0.39, 0.29) is 11.8 Å². The average Bonchev–Trinajstić information content (AvgIpc) is 3.57. The molecule has 1 saturated carbocycles. The number of nitrogens with zero attached hydrogens (tertiary/aromatic N) is 2. The fourth-order valence-corrected chi connectivity index (χ4v) is 4.67. The number of nitrogens with one attached hydrogen (secondary N) is 1. The molecule has 0 bridgehead atoms. The van der Waals surface area contributed by atoms with Crippen molar-refractivity contribution >= 4 is 29.3 Å². The van der Waals surface area contributed by atoms with Crippen molar-refractivity contribution < 1.29 is 9.59 Å². The average molecular weight is 424 g/mol. The highest BCUT2D eigenvalue weighted by molar-refractivity contribution is 7.99. The summed E-state index contributed by atoms with van der Waals surface area (Å²) in [5.74, 6) is 0.570. The Morgan fingerprint density at radius 3 is 2.37 bits per heavy atom. The smallest absolute Gasteiger partial charge is 0.238 e. The topological polar surface area (TPSA) is 52.7 Å². The second-order valence-corrected chi connectivity index (χ2v) is 9.43. The highest BCUT2D eigenvalue weighted by Crippen LogP contribution is 2.32. The van der Waals surface area contributed by atoms with Crippen LogP contribution in [0.4, 0.5) is 5.69 Å². The molecule has 2 amide bonds. The van der Waals surface area contributed by atoms with Crippen LogP contribution in [0.1, 0.15) is 24.0 Å². The van der Waals surface area contributed by atoms with Gasteiger partial charge in [0.25, 0.3) is 0 Å². The lowest BCUT2D eigenvalue weighted by molar-refractivity contribution is -0.134. The lowest BCUT2D eigenvalue weighted by Crippen LogP contribution is -2.50. The van der Waals surface area contributed by atoms with Crippen molar-refractivity contribution in [2.75, 3.05) is 38.0 Å². The van der Waals surface area contributed by atoms with Gasteiger partial charge in [0.2, 0.25) is 11.8 Å². The number of carbonyl (C=O) groups is 2. The number of benzene rings is 2. The van der Waals surface area contributed by atoms with Gasteiger partial charge < -0.3 is 10.2 Å². The van der Waals surface area contributed by atoms with Crippen molar-refractivity contribution in [3.8, 4) is 0 Å². The van der Waals surface area contributed by atoms with Gasteiger partial charge in [-0.2, -0.15) is 0 Å². The summed E-state index contributed by atoms with van der Waals surface area (Å²) in [4.78, 5) is 31.1. The van der Waals surface area contributed by atoms with Crippen molar-refractivity contribution in [3.05, 3.63) is 53.6 Å². The molecule has 2 aromatic carbocycles. The second-order valence-electron chi connectivity index (χ2n) is 8.32. The first kappa shape index (κ1) is 20.9. The number of hydrogen-bond acceptors (Lipinski definition) is 4. The Morgan fingerprint density at radius 1 is 1.00 bits per heavy atom. The van der Waals surface area contributed by atoms with E-state index in [0.29, 0.717) is 12.5 Å². The zero-order chi connectivity index (χ0) is 21.1. The summed E-state index contributed by atoms with van der Waals surface area (Å²) in [6.07, 6.45) is 2.09. The molecule has 30 heavy (non-hydrogen) atoms. The van der Waals surface area contributed by atoms with Crippen LogP contribution in [-0.4, -0.2) is 54.3 Å². The monoisotopic (exact) mass is 423 g/mol. The van der Waals surface area contributed by atoms with E-state index in [1.165, 1.54) is 16.0 Å². The molecule has 1 saturated heterocycles. The van der Waals surface area contributed by atoms with E-state index >= 15 is 0 Å².